The summed E-state index contributed by atoms with van der Waals surface area (Å²) in [5, 5.41) is 0.914. The van der Waals surface area contributed by atoms with Crippen molar-refractivity contribution in [3.8, 4) is 17.1 Å². The van der Waals surface area contributed by atoms with E-state index in [0.717, 1.165) is 4.47 Å². The second-order valence-electron chi connectivity index (χ2n) is 6.11. The van der Waals surface area contributed by atoms with Crippen LogP contribution in [-0.2, 0) is 0 Å². The highest BCUT2D eigenvalue weighted by Crippen LogP contribution is 2.36. The first-order valence-electron chi connectivity index (χ1n) is 8.43. The first kappa shape index (κ1) is 19.7. The molecular formula is C22H11BrCl2O4. The van der Waals surface area contributed by atoms with Crippen LogP contribution in [0.25, 0.3) is 22.3 Å². The summed E-state index contributed by atoms with van der Waals surface area (Å²) >= 11 is 15.6. The average molecular weight is 490 g/mol. The fraction of sp³-hybridized carbons (Fsp3) is 0. The lowest BCUT2D eigenvalue weighted by Gasteiger charge is -2.12. The zero-order chi connectivity index (χ0) is 20.5. The van der Waals surface area contributed by atoms with Crippen LogP contribution in [-0.4, -0.2) is 5.97 Å². The van der Waals surface area contributed by atoms with Crippen molar-refractivity contribution in [3.63, 3.8) is 0 Å². The van der Waals surface area contributed by atoms with E-state index in [1.54, 1.807) is 60.7 Å². The molecule has 0 radical (unpaired) electrons. The van der Waals surface area contributed by atoms with E-state index in [0.29, 0.717) is 21.2 Å². The van der Waals surface area contributed by atoms with Crippen molar-refractivity contribution >= 4 is 56.1 Å². The van der Waals surface area contributed by atoms with Crippen LogP contribution >= 0.6 is 39.1 Å². The molecule has 0 aliphatic heterocycles. The van der Waals surface area contributed by atoms with Crippen molar-refractivity contribution in [2.45, 2.75) is 0 Å². The number of carbonyl (C=O) groups is 1. The molecule has 7 heteroatoms. The predicted octanol–water partition coefficient (Wildman–Crippen LogP) is 6.75. The Hall–Kier alpha value is -2.60. The second-order valence-corrected chi connectivity index (χ2v) is 7.87. The van der Waals surface area contributed by atoms with Crippen molar-refractivity contribution in [2.24, 2.45) is 0 Å². The molecule has 0 saturated carbocycles. The third-order valence-electron chi connectivity index (χ3n) is 4.20. The van der Waals surface area contributed by atoms with E-state index >= 15 is 0 Å². The highest BCUT2D eigenvalue weighted by atomic mass is 79.9. The van der Waals surface area contributed by atoms with Gasteiger partial charge in [-0.15, -0.1) is 0 Å². The Morgan fingerprint density at radius 3 is 2.41 bits per heavy atom. The molecule has 1 aromatic heterocycles. The van der Waals surface area contributed by atoms with Crippen molar-refractivity contribution in [3.05, 3.63) is 97.0 Å². The molecule has 0 aliphatic carbocycles. The lowest BCUT2D eigenvalue weighted by atomic mass is 10.1. The van der Waals surface area contributed by atoms with Crippen LogP contribution in [0.4, 0.5) is 0 Å². The maximum atomic E-state index is 13.2. The Labute approximate surface area is 183 Å². The van der Waals surface area contributed by atoms with Crippen LogP contribution in [0.2, 0.25) is 10.0 Å². The van der Waals surface area contributed by atoms with Gasteiger partial charge in [-0.25, -0.2) is 4.79 Å². The Bertz CT molecular complexity index is 1300. The van der Waals surface area contributed by atoms with E-state index in [-0.39, 0.29) is 22.5 Å². The number of halogens is 3. The highest BCUT2D eigenvalue weighted by molar-refractivity contribution is 9.10. The Kier molecular flexibility index (Phi) is 5.46. The highest BCUT2D eigenvalue weighted by Gasteiger charge is 2.22. The lowest BCUT2D eigenvalue weighted by molar-refractivity contribution is 0.0731. The summed E-state index contributed by atoms with van der Waals surface area (Å²) in [6.45, 7) is 0. The summed E-state index contributed by atoms with van der Waals surface area (Å²) in [6.07, 6.45) is 0. The van der Waals surface area contributed by atoms with Gasteiger partial charge >= 0.3 is 5.97 Å². The molecule has 3 aromatic carbocycles. The minimum atomic E-state index is -0.695. The van der Waals surface area contributed by atoms with E-state index in [2.05, 4.69) is 15.9 Å². The molecule has 0 aliphatic rings. The van der Waals surface area contributed by atoms with Gasteiger partial charge in [-0.1, -0.05) is 51.3 Å². The smallest absolute Gasteiger partial charge is 0.343 e. The summed E-state index contributed by atoms with van der Waals surface area (Å²) in [5.74, 6) is -0.874. The van der Waals surface area contributed by atoms with E-state index in [1.165, 1.54) is 6.07 Å². The van der Waals surface area contributed by atoms with Gasteiger partial charge in [0.15, 0.2) is 5.76 Å². The van der Waals surface area contributed by atoms with Gasteiger partial charge < -0.3 is 9.15 Å². The molecule has 4 nitrogen and oxygen atoms in total. The van der Waals surface area contributed by atoms with Gasteiger partial charge in [0.25, 0.3) is 0 Å². The summed E-state index contributed by atoms with van der Waals surface area (Å²) in [5.41, 5.74) is 0.498. The zero-order valence-corrected chi connectivity index (χ0v) is 17.7. The monoisotopic (exact) mass is 488 g/mol. The molecular weight excluding hydrogens is 479 g/mol. The Morgan fingerprint density at radius 2 is 1.69 bits per heavy atom. The van der Waals surface area contributed by atoms with Crippen LogP contribution in [0.3, 0.4) is 0 Å². The fourth-order valence-electron chi connectivity index (χ4n) is 2.80. The molecule has 0 saturated heterocycles. The molecule has 0 atom stereocenters. The SMILES string of the molecule is O=C(Oc1c(-c2ccccc2Cl)oc2ccc(Cl)cc2c1=O)c1ccc(Br)cc1. The van der Waals surface area contributed by atoms with Crippen molar-refractivity contribution in [1.82, 2.24) is 0 Å². The molecule has 0 amide bonds. The summed E-state index contributed by atoms with van der Waals surface area (Å²) in [6, 6.07) is 18.1. The Balaban J connectivity index is 1.92. The van der Waals surface area contributed by atoms with E-state index in [9.17, 15) is 9.59 Å². The summed E-state index contributed by atoms with van der Waals surface area (Å²) in [7, 11) is 0. The van der Waals surface area contributed by atoms with Crippen LogP contribution in [0.1, 0.15) is 10.4 Å². The molecule has 0 bridgehead atoms. The molecule has 144 valence electrons. The van der Waals surface area contributed by atoms with Crippen LogP contribution < -0.4 is 10.2 Å². The number of carbonyl (C=O) groups excluding carboxylic acids is 1. The van der Waals surface area contributed by atoms with E-state index in [1.807, 2.05) is 0 Å². The minimum Gasteiger partial charge on any atom is -0.452 e. The van der Waals surface area contributed by atoms with E-state index < -0.39 is 11.4 Å². The summed E-state index contributed by atoms with van der Waals surface area (Å²) in [4.78, 5) is 25.8. The number of rotatable bonds is 3. The average Bonchev–Trinajstić information content (AvgIpc) is 2.71. The quantitative estimate of drug-likeness (QED) is 0.299. The molecule has 0 unspecified atom stereocenters. The maximum absolute atomic E-state index is 13.2. The lowest BCUT2D eigenvalue weighted by Crippen LogP contribution is -2.16. The van der Waals surface area contributed by atoms with Crippen molar-refractivity contribution in [1.29, 1.82) is 0 Å². The Morgan fingerprint density at radius 1 is 0.966 bits per heavy atom. The molecule has 0 spiro atoms. The fourth-order valence-corrected chi connectivity index (χ4v) is 3.46. The molecule has 4 aromatic rings. The second kappa shape index (κ2) is 8.03. The molecule has 0 N–H and O–H groups in total. The number of ether oxygens (including phenoxy) is 1. The zero-order valence-electron chi connectivity index (χ0n) is 14.6. The number of fused-ring (bicyclic) bond motifs is 1. The van der Waals surface area contributed by atoms with Crippen LogP contribution in [0.15, 0.2) is 80.4 Å². The molecule has 0 fully saturated rings. The molecule has 4 rings (SSSR count). The van der Waals surface area contributed by atoms with Gasteiger partial charge in [0.1, 0.15) is 5.58 Å². The first-order valence-corrected chi connectivity index (χ1v) is 9.98. The molecule has 1 heterocycles. The van der Waals surface area contributed by atoms with Crippen molar-refractivity contribution < 1.29 is 13.9 Å². The number of esters is 1. The minimum absolute atomic E-state index is 0.0703. The van der Waals surface area contributed by atoms with Gasteiger partial charge in [0, 0.05) is 15.1 Å². The van der Waals surface area contributed by atoms with Crippen LogP contribution in [0.5, 0.6) is 5.75 Å². The van der Waals surface area contributed by atoms with Gasteiger partial charge in [-0.05, 0) is 54.6 Å². The van der Waals surface area contributed by atoms with Crippen LogP contribution in [0, 0.1) is 0 Å². The van der Waals surface area contributed by atoms with Gasteiger partial charge in [-0.2, -0.15) is 0 Å². The van der Waals surface area contributed by atoms with E-state index in [4.69, 9.17) is 32.4 Å². The number of hydrogen-bond acceptors (Lipinski definition) is 4. The molecule has 29 heavy (non-hydrogen) atoms. The largest absolute Gasteiger partial charge is 0.452 e. The third-order valence-corrected chi connectivity index (χ3v) is 5.30. The van der Waals surface area contributed by atoms with Gasteiger partial charge in [0.2, 0.25) is 11.2 Å². The van der Waals surface area contributed by atoms with Gasteiger partial charge in [0.05, 0.1) is 16.0 Å². The van der Waals surface area contributed by atoms with Crippen molar-refractivity contribution in [2.75, 3.05) is 0 Å². The topological polar surface area (TPSA) is 56.5 Å². The number of benzene rings is 3. The predicted molar refractivity (Wildman–Crippen MR) is 117 cm³/mol. The summed E-state index contributed by atoms with van der Waals surface area (Å²) < 4.78 is 12.2. The van der Waals surface area contributed by atoms with Gasteiger partial charge in [-0.3, -0.25) is 4.79 Å². The first-order chi connectivity index (χ1) is 13.9. The third kappa shape index (κ3) is 3.94. The maximum Gasteiger partial charge on any atom is 0.343 e. The standard InChI is InChI=1S/C22H11BrCl2O4/c23-13-7-5-12(6-8-13)22(27)29-21-19(26)16-11-14(24)9-10-18(16)28-20(21)15-3-1-2-4-17(15)25/h1-11H. The number of hydrogen-bond donors (Lipinski definition) is 0. The normalized spacial score (nSPS) is 10.9.